The molecule has 1 unspecified atom stereocenters. The van der Waals surface area contributed by atoms with Gasteiger partial charge in [-0.2, -0.15) is 13.2 Å². The van der Waals surface area contributed by atoms with E-state index >= 15 is 0 Å². The van der Waals surface area contributed by atoms with E-state index in [0.717, 1.165) is 6.07 Å². The maximum Gasteiger partial charge on any atom is 0.418 e. The first-order valence-corrected chi connectivity index (χ1v) is 5.32. The third-order valence-corrected chi connectivity index (χ3v) is 2.93. The summed E-state index contributed by atoms with van der Waals surface area (Å²) in [6.45, 7) is 2.23. The highest BCUT2D eigenvalue weighted by Crippen LogP contribution is 2.42. The summed E-state index contributed by atoms with van der Waals surface area (Å²) in [5.41, 5.74) is -0.174. The lowest BCUT2D eigenvalue weighted by Crippen LogP contribution is -2.37. The second-order valence-corrected chi connectivity index (χ2v) is 4.63. The van der Waals surface area contributed by atoms with Crippen molar-refractivity contribution in [3.05, 3.63) is 29.3 Å². The summed E-state index contributed by atoms with van der Waals surface area (Å²) in [6, 6.07) is 4.27. The van der Waals surface area contributed by atoms with E-state index in [4.69, 9.17) is 4.74 Å². The number of nitrogens with one attached hydrogen (secondary N) is 1. The average Bonchev–Trinajstić information content (AvgIpc) is 2.51. The third kappa shape index (κ3) is 2.24. The predicted molar refractivity (Wildman–Crippen MR) is 59.1 cm³/mol. The fourth-order valence-corrected chi connectivity index (χ4v) is 2.30. The number of halogens is 3. The number of hydrogen-bond donors (Lipinski definition) is 1. The molecule has 1 aliphatic heterocycles. The molecule has 1 atom stereocenters. The van der Waals surface area contributed by atoms with Gasteiger partial charge in [0.1, 0.15) is 0 Å². The van der Waals surface area contributed by atoms with Gasteiger partial charge in [-0.15, -0.1) is 0 Å². The lowest BCUT2D eigenvalue weighted by Gasteiger charge is -2.24. The first-order valence-electron chi connectivity index (χ1n) is 5.32. The van der Waals surface area contributed by atoms with Crippen LogP contribution >= 0.6 is 0 Å². The van der Waals surface area contributed by atoms with Crippen molar-refractivity contribution in [2.45, 2.75) is 25.1 Å². The Morgan fingerprint density at radius 1 is 1.41 bits per heavy atom. The summed E-state index contributed by atoms with van der Waals surface area (Å²) in [6.07, 6.45) is -3.78. The van der Waals surface area contributed by atoms with Crippen molar-refractivity contribution in [1.29, 1.82) is 0 Å². The van der Waals surface area contributed by atoms with Gasteiger partial charge in [-0.1, -0.05) is 12.1 Å². The van der Waals surface area contributed by atoms with Gasteiger partial charge < -0.3 is 10.1 Å². The number of alkyl halides is 3. The largest absolute Gasteiger partial charge is 0.418 e. The molecule has 1 heterocycles. The second-order valence-electron chi connectivity index (χ2n) is 4.63. The van der Waals surface area contributed by atoms with Gasteiger partial charge in [0, 0.05) is 7.11 Å². The molecular weight excluding hydrogens is 231 g/mol. The van der Waals surface area contributed by atoms with Crippen molar-refractivity contribution in [3.8, 4) is 0 Å². The van der Waals surface area contributed by atoms with E-state index in [2.05, 4.69) is 5.32 Å². The fourth-order valence-electron chi connectivity index (χ4n) is 2.30. The van der Waals surface area contributed by atoms with Crippen molar-refractivity contribution >= 4 is 5.69 Å². The molecule has 0 bridgehead atoms. The van der Waals surface area contributed by atoms with Crippen LogP contribution in [-0.2, 0) is 17.3 Å². The molecule has 5 heteroatoms. The van der Waals surface area contributed by atoms with E-state index in [9.17, 15) is 13.2 Å². The van der Waals surface area contributed by atoms with Crippen LogP contribution in [-0.4, -0.2) is 19.3 Å². The fraction of sp³-hybridized carbons (Fsp3) is 0.500. The standard InChI is InChI=1S/C12H14F3NO/c1-11(7-17-2)6-8-4-3-5-9(10(8)16-11)12(13,14)15/h3-5,16H,6-7H2,1-2H3. The van der Waals surface area contributed by atoms with Gasteiger partial charge in [0.2, 0.25) is 0 Å². The number of ether oxygens (including phenoxy) is 1. The highest BCUT2D eigenvalue weighted by molar-refractivity contribution is 5.64. The monoisotopic (exact) mass is 245 g/mol. The number of benzene rings is 1. The average molecular weight is 245 g/mol. The van der Waals surface area contributed by atoms with Crippen LogP contribution in [0.15, 0.2) is 18.2 Å². The molecule has 17 heavy (non-hydrogen) atoms. The predicted octanol–water partition coefficient (Wildman–Crippen LogP) is 3.08. The molecule has 0 saturated carbocycles. The van der Waals surface area contributed by atoms with Crippen molar-refractivity contribution < 1.29 is 17.9 Å². The van der Waals surface area contributed by atoms with Gasteiger partial charge in [-0.25, -0.2) is 0 Å². The molecule has 1 aliphatic rings. The molecule has 94 valence electrons. The number of para-hydroxylation sites is 1. The minimum absolute atomic E-state index is 0.194. The van der Waals surface area contributed by atoms with Gasteiger partial charge in [0.05, 0.1) is 23.4 Å². The van der Waals surface area contributed by atoms with E-state index in [0.29, 0.717) is 18.6 Å². The molecule has 1 aromatic carbocycles. The summed E-state index contributed by atoms with van der Waals surface area (Å²) >= 11 is 0. The van der Waals surface area contributed by atoms with Crippen molar-refractivity contribution in [1.82, 2.24) is 0 Å². The van der Waals surface area contributed by atoms with E-state index in [-0.39, 0.29) is 5.69 Å². The van der Waals surface area contributed by atoms with Crippen LogP contribution in [0.3, 0.4) is 0 Å². The van der Waals surface area contributed by atoms with Gasteiger partial charge in [-0.3, -0.25) is 0 Å². The first kappa shape index (κ1) is 12.2. The maximum atomic E-state index is 12.8. The Bertz CT molecular complexity index is 430. The third-order valence-electron chi connectivity index (χ3n) is 2.93. The van der Waals surface area contributed by atoms with Gasteiger partial charge in [0.25, 0.3) is 0 Å². The maximum absolute atomic E-state index is 12.8. The smallest absolute Gasteiger partial charge is 0.382 e. The Morgan fingerprint density at radius 2 is 2.12 bits per heavy atom. The van der Waals surface area contributed by atoms with Crippen LogP contribution in [0, 0.1) is 0 Å². The van der Waals surface area contributed by atoms with Crippen LogP contribution in [0.25, 0.3) is 0 Å². The summed E-state index contributed by atoms with van der Waals surface area (Å²) in [7, 11) is 1.54. The van der Waals surface area contributed by atoms with E-state index in [1.165, 1.54) is 6.07 Å². The molecule has 0 spiro atoms. The number of methoxy groups -OCH3 is 1. The Hall–Kier alpha value is -1.23. The summed E-state index contributed by atoms with van der Waals surface area (Å²) in [4.78, 5) is 0. The Balaban J connectivity index is 2.39. The van der Waals surface area contributed by atoms with Crippen molar-refractivity contribution in [2.24, 2.45) is 0 Å². The van der Waals surface area contributed by atoms with Gasteiger partial charge >= 0.3 is 6.18 Å². The quantitative estimate of drug-likeness (QED) is 0.864. The SMILES string of the molecule is COCC1(C)Cc2cccc(C(F)(F)F)c2N1. The number of hydrogen-bond acceptors (Lipinski definition) is 2. The van der Waals surface area contributed by atoms with Gasteiger partial charge in [0.15, 0.2) is 0 Å². The second kappa shape index (κ2) is 3.91. The minimum Gasteiger partial charge on any atom is -0.382 e. The Labute approximate surface area is 97.8 Å². The molecule has 0 saturated heterocycles. The molecule has 2 nitrogen and oxygen atoms in total. The van der Waals surface area contributed by atoms with Crippen LogP contribution < -0.4 is 5.32 Å². The summed E-state index contributed by atoms with van der Waals surface area (Å²) in [5, 5.41) is 2.94. The Kier molecular flexibility index (Phi) is 2.81. The topological polar surface area (TPSA) is 21.3 Å². The molecule has 0 amide bonds. The zero-order chi connectivity index (χ0) is 12.7. The number of anilines is 1. The van der Waals surface area contributed by atoms with Crippen LogP contribution in [0.4, 0.5) is 18.9 Å². The molecule has 1 aromatic rings. The molecule has 2 rings (SSSR count). The molecular formula is C12H14F3NO. The highest BCUT2D eigenvalue weighted by Gasteiger charge is 2.40. The van der Waals surface area contributed by atoms with Gasteiger partial charge in [-0.05, 0) is 25.0 Å². The summed E-state index contributed by atoms with van der Waals surface area (Å²) in [5.74, 6) is 0. The molecule has 0 radical (unpaired) electrons. The van der Waals surface area contributed by atoms with Crippen LogP contribution in [0.2, 0.25) is 0 Å². The molecule has 0 aliphatic carbocycles. The van der Waals surface area contributed by atoms with Crippen molar-refractivity contribution in [2.75, 3.05) is 19.0 Å². The first-order chi connectivity index (χ1) is 7.86. The molecule has 0 fully saturated rings. The highest BCUT2D eigenvalue weighted by atomic mass is 19.4. The minimum atomic E-state index is -4.32. The van der Waals surface area contributed by atoms with Crippen LogP contribution in [0.1, 0.15) is 18.1 Å². The lowest BCUT2D eigenvalue weighted by atomic mass is 9.98. The molecule has 0 aromatic heterocycles. The normalized spacial score (nSPS) is 23.4. The zero-order valence-electron chi connectivity index (χ0n) is 9.69. The lowest BCUT2D eigenvalue weighted by molar-refractivity contribution is -0.137. The number of rotatable bonds is 2. The number of fused-ring (bicyclic) bond motifs is 1. The van der Waals surface area contributed by atoms with E-state index in [1.54, 1.807) is 13.2 Å². The summed E-state index contributed by atoms with van der Waals surface area (Å²) < 4.78 is 43.5. The van der Waals surface area contributed by atoms with E-state index in [1.807, 2.05) is 6.92 Å². The zero-order valence-corrected chi connectivity index (χ0v) is 9.69. The Morgan fingerprint density at radius 3 is 2.71 bits per heavy atom. The molecule has 1 N–H and O–H groups in total. The van der Waals surface area contributed by atoms with E-state index < -0.39 is 17.3 Å². The van der Waals surface area contributed by atoms with Crippen LogP contribution in [0.5, 0.6) is 0 Å². The van der Waals surface area contributed by atoms with Crippen molar-refractivity contribution in [3.63, 3.8) is 0 Å².